The molecule has 0 unspecified atom stereocenters. The summed E-state index contributed by atoms with van der Waals surface area (Å²) < 4.78 is 40.2. The van der Waals surface area contributed by atoms with Gasteiger partial charge in [-0.15, -0.1) is 24.0 Å². The second-order valence-electron chi connectivity index (χ2n) is 6.25. The fourth-order valence-corrected chi connectivity index (χ4v) is 2.65. The van der Waals surface area contributed by atoms with Crippen LogP contribution in [0.3, 0.4) is 0 Å². The number of rotatable bonds is 6. The van der Waals surface area contributed by atoms with E-state index in [4.69, 9.17) is 0 Å². The molecule has 0 fully saturated rings. The van der Waals surface area contributed by atoms with E-state index in [0.717, 1.165) is 23.4 Å². The fraction of sp³-hybridized carbons (Fsp3) is 0.250. The number of benzene rings is 2. The average molecular weight is 530 g/mol. The van der Waals surface area contributed by atoms with Crippen LogP contribution < -0.4 is 10.6 Å². The summed E-state index contributed by atoms with van der Waals surface area (Å²) in [7, 11) is 0. The van der Waals surface area contributed by atoms with Crippen molar-refractivity contribution in [1.29, 1.82) is 0 Å². The van der Waals surface area contributed by atoms with Crippen molar-refractivity contribution in [1.82, 2.24) is 25.4 Å². The molecule has 0 amide bonds. The topological polar surface area (TPSA) is 67.1 Å². The standard InChI is InChI=1S/C20H21F3N6.HI/c1-2-25-19(27-12-16-4-3-5-17(10-16)20(21,22)23)26-11-15-6-8-18(9-7-15)29-14-24-13-28-29;/h3-10,13-14H,2,11-12H2,1H3,(H2,25,26,27);1H. The maximum atomic E-state index is 12.8. The normalized spacial score (nSPS) is 11.7. The Bertz CT molecular complexity index is 940. The molecule has 1 aromatic heterocycles. The van der Waals surface area contributed by atoms with Gasteiger partial charge >= 0.3 is 6.18 Å². The minimum atomic E-state index is -4.36. The fourth-order valence-electron chi connectivity index (χ4n) is 2.65. The van der Waals surface area contributed by atoms with E-state index in [1.165, 1.54) is 12.4 Å². The van der Waals surface area contributed by atoms with Crippen LogP contribution >= 0.6 is 24.0 Å². The molecule has 2 N–H and O–H groups in total. The zero-order valence-electron chi connectivity index (χ0n) is 16.2. The number of aliphatic imine (C=N–C) groups is 1. The highest BCUT2D eigenvalue weighted by Crippen LogP contribution is 2.29. The molecule has 0 saturated heterocycles. The van der Waals surface area contributed by atoms with Crippen LogP contribution in [-0.2, 0) is 19.3 Å². The summed E-state index contributed by atoms with van der Waals surface area (Å²) in [6, 6.07) is 13.0. The van der Waals surface area contributed by atoms with Crippen molar-refractivity contribution in [3.63, 3.8) is 0 Å². The van der Waals surface area contributed by atoms with Crippen molar-refractivity contribution < 1.29 is 13.2 Å². The summed E-state index contributed by atoms with van der Waals surface area (Å²) in [5.41, 5.74) is 1.75. The van der Waals surface area contributed by atoms with Crippen molar-refractivity contribution in [2.75, 3.05) is 6.54 Å². The predicted octanol–water partition coefficient (Wildman–Crippen LogP) is 4.16. The van der Waals surface area contributed by atoms with E-state index >= 15 is 0 Å². The van der Waals surface area contributed by atoms with E-state index in [1.807, 2.05) is 31.2 Å². The van der Waals surface area contributed by atoms with Crippen LogP contribution in [0.1, 0.15) is 23.6 Å². The van der Waals surface area contributed by atoms with E-state index < -0.39 is 11.7 Å². The van der Waals surface area contributed by atoms with Crippen LogP contribution in [0.15, 0.2) is 66.2 Å². The van der Waals surface area contributed by atoms with Crippen molar-refractivity contribution in [2.24, 2.45) is 4.99 Å². The zero-order chi connectivity index (χ0) is 20.7. The third-order valence-electron chi connectivity index (χ3n) is 4.10. The molecule has 0 aliphatic heterocycles. The molecule has 0 bridgehead atoms. The van der Waals surface area contributed by atoms with Gasteiger partial charge in [-0.05, 0) is 42.3 Å². The summed E-state index contributed by atoms with van der Waals surface area (Å²) in [4.78, 5) is 8.30. The van der Waals surface area contributed by atoms with E-state index in [1.54, 1.807) is 17.1 Å². The van der Waals surface area contributed by atoms with Gasteiger partial charge in [0.05, 0.1) is 17.8 Å². The Kier molecular flexibility index (Phi) is 8.63. The Morgan fingerprint density at radius 1 is 1.07 bits per heavy atom. The molecule has 0 atom stereocenters. The van der Waals surface area contributed by atoms with Crippen molar-refractivity contribution in [2.45, 2.75) is 26.2 Å². The zero-order valence-corrected chi connectivity index (χ0v) is 18.6. The number of alkyl halides is 3. The van der Waals surface area contributed by atoms with E-state index in [-0.39, 0.29) is 30.5 Å². The molecule has 0 aliphatic rings. The maximum absolute atomic E-state index is 12.8. The quantitative estimate of drug-likeness (QED) is 0.286. The van der Waals surface area contributed by atoms with Crippen LogP contribution in [0.2, 0.25) is 0 Å². The Morgan fingerprint density at radius 3 is 2.47 bits per heavy atom. The first-order valence-electron chi connectivity index (χ1n) is 9.08. The first-order chi connectivity index (χ1) is 14.0. The molecule has 0 aliphatic carbocycles. The largest absolute Gasteiger partial charge is 0.416 e. The van der Waals surface area contributed by atoms with Crippen LogP contribution in [-0.4, -0.2) is 27.3 Å². The Labute approximate surface area is 189 Å². The second-order valence-corrected chi connectivity index (χ2v) is 6.25. The number of guanidine groups is 1. The second kappa shape index (κ2) is 11.0. The van der Waals surface area contributed by atoms with Gasteiger partial charge in [0.2, 0.25) is 0 Å². The van der Waals surface area contributed by atoms with Gasteiger partial charge in [0.25, 0.3) is 0 Å². The van der Waals surface area contributed by atoms with Gasteiger partial charge in [-0.25, -0.2) is 14.7 Å². The number of aromatic nitrogens is 3. The van der Waals surface area contributed by atoms with Gasteiger partial charge in [-0.1, -0.05) is 24.3 Å². The Morgan fingerprint density at radius 2 is 1.83 bits per heavy atom. The summed E-state index contributed by atoms with van der Waals surface area (Å²) >= 11 is 0. The van der Waals surface area contributed by atoms with Crippen molar-refractivity contribution in [3.8, 4) is 5.69 Å². The molecule has 3 aromatic rings. The molecular weight excluding hydrogens is 508 g/mol. The third kappa shape index (κ3) is 6.71. The first kappa shape index (κ1) is 23.6. The van der Waals surface area contributed by atoms with Gasteiger partial charge in [-0.2, -0.15) is 18.3 Å². The average Bonchev–Trinajstić information content (AvgIpc) is 3.25. The van der Waals surface area contributed by atoms with Gasteiger partial charge in [0.1, 0.15) is 12.7 Å². The molecule has 0 radical (unpaired) electrons. The summed E-state index contributed by atoms with van der Waals surface area (Å²) in [6.45, 7) is 3.23. The minimum absolute atomic E-state index is 0. The number of halogens is 4. The first-order valence-corrected chi connectivity index (χ1v) is 9.08. The van der Waals surface area contributed by atoms with Crippen molar-refractivity contribution >= 4 is 29.9 Å². The van der Waals surface area contributed by atoms with Crippen LogP contribution in [0.25, 0.3) is 5.69 Å². The number of hydrogen-bond acceptors (Lipinski definition) is 3. The monoisotopic (exact) mass is 530 g/mol. The summed E-state index contributed by atoms with van der Waals surface area (Å²) in [5.74, 6) is 0.533. The molecule has 30 heavy (non-hydrogen) atoms. The van der Waals surface area contributed by atoms with E-state index in [2.05, 4.69) is 25.7 Å². The smallest absolute Gasteiger partial charge is 0.357 e. The van der Waals surface area contributed by atoms with Crippen molar-refractivity contribution in [3.05, 3.63) is 77.9 Å². The molecular formula is C20H22F3IN6. The van der Waals surface area contributed by atoms with Crippen LogP contribution in [0.5, 0.6) is 0 Å². The maximum Gasteiger partial charge on any atom is 0.416 e. The Hall–Kier alpha value is -2.63. The van der Waals surface area contributed by atoms with Gasteiger partial charge in [-0.3, -0.25) is 0 Å². The molecule has 0 spiro atoms. The molecule has 3 rings (SSSR count). The van der Waals surface area contributed by atoms with E-state index in [9.17, 15) is 13.2 Å². The summed E-state index contributed by atoms with van der Waals surface area (Å²) in [6.07, 6.45) is -1.27. The lowest BCUT2D eigenvalue weighted by atomic mass is 10.1. The summed E-state index contributed by atoms with van der Waals surface area (Å²) in [5, 5.41) is 10.4. The lowest BCUT2D eigenvalue weighted by molar-refractivity contribution is -0.137. The molecule has 6 nitrogen and oxygen atoms in total. The minimum Gasteiger partial charge on any atom is -0.357 e. The molecule has 160 valence electrons. The molecule has 1 heterocycles. The van der Waals surface area contributed by atoms with Gasteiger partial charge in [0, 0.05) is 13.1 Å². The molecule has 2 aromatic carbocycles. The van der Waals surface area contributed by atoms with E-state index in [0.29, 0.717) is 24.6 Å². The third-order valence-corrected chi connectivity index (χ3v) is 4.10. The molecule has 0 saturated carbocycles. The number of nitrogens with one attached hydrogen (secondary N) is 2. The van der Waals surface area contributed by atoms with Gasteiger partial charge in [0.15, 0.2) is 5.96 Å². The highest BCUT2D eigenvalue weighted by atomic mass is 127. The van der Waals surface area contributed by atoms with Crippen LogP contribution in [0.4, 0.5) is 13.2 Å². The SMILES string of the molecule is CCNC(=NCc1cccc(C(F)(F)F)c1)NCc1ccc(-n2cncn2)cc1.I. The lowest BCUT2D eigenvalue weighted by Crippen LogP contribution is -2.36. The van der Waals surface area contributed by atoms with Crippen LogP contribution in [0, 0.1) is 0 Å². The molecule has 10 heteroatoms. The lowest BCUT2D eigenvalue weighted by Gasteiger charge is -2.12. The predicted molar refractivity (Wildman–Crippen MR) is 120 cm³/mol. The highest BCUT2D eigenvalue weighted by molar-refractivity contribution is 14.0. The van der Waals surface area contributed by atoms with Gasteiger partial charge < -0.3 is 10.6 Å². The Balaban J connectivity index is 0.00000320. The highest BCUT2D eigenvalue weighted by Gasteiger charge is 2.30. The number of nitrogens with zero attached hydrogens (tertiary/aromatic N) is 4. The number of hydrogen-bond donors (Lipinski definition) is 2.